The maximum atomic E-state index is 14.2. The molecule has 2 aromatic heterocycles. The maximum Gasteiger partial charge on any atom is 0.396 e. The number of hydrogen-bond acceptors (Lipinski definition) is 9. The van der Waals surface area contributed by atoms with Crippen molar-refractivity contribution in [1.82, 2.24) is 15.0 Å². The smallest absolute Gasteiger partial charge is 0.396 e. The number of hydrogen-bond donors (Lipinski definition) is 3. The molecule has 1 saturated heterocycles. The molecular weight excluding hydrogens is 530 g/mol. The third-order valence-corrected chi connectivity index (χ3v) is 6.35. The summed E-state index contributed by atoms with van der Waals surface area (Å²) in [5.74, 6) is -1.98. The lowest BCUT2D eigenvalue weighted by atomic mass is 9.84. The number of halogens is 4. The summed E-state index contributed by atoms with van der Waals surface area (Å²) in [6, 6.07) is 8.97. The van der Waals surface area contributed by atoms with Gasteiger partial charge in [0.25, 0.3) is 0 Å². The molecule has 1 fully saturated rings. The van der Waals surface area contributed by atoms with Crippen molar-refractivity contribution in [1.29, 1.82) is 0 Å². The molecular formula is C27H25F4N7O2. The molecule has 1 aliphatic carbocycles. The predicted octanol–water partition coefficient (Wildman–Crippen LogP) is 4.96. The van der Waals surface area contributed by atoms with Gasteiger partial charge >= 0.3 is 6.18 Å². The summed E-state index contributed by atoms with van der Waals surface area (Å²) in [7, 11) is 0. The number of phenols is 1. The molecule has 0 amide bonds. The number of pyridine rings is 1. The highest BCUT2D eigenvalue weighted by molar-refractivity contribution is 5.78. The number of aromatic hydroxyl groups is 1. The van der Waals surface area contributed by atoms with Gasteiger partial charge in [0.15, 0.2) is 11.6 Å². The predicted molar refractivity (Wildman–Crippen MR) is 142 cm³/mol. The third-order valence-electron chi connectivity index (χ3n) is 6.35. The quantitative estimate of drug-likeness (QED) is 0.213. The van der Waals surface area contributed by atoms with Crippen LogP contribution in [0.25, 0.3) is 5.57 Å². The average Bonchev–Trinajstić information content (AvgIpc) is 2.95. The van der Waals surface area contributed by atoms with Gasteiger partial charge in [-0.05, 0) is 41.5 Å². The molecule has 1 atom stereocenters. The number of hydrazone groups is 1. The fourth-order valence-electron chi connectivity index (χ4n) is 4.35. The minimum Gasteiger partial charge on any atom is -0.508 e. The number of morpholine rings is 1. The summed E-state index contributed by atoms with van der Waals surface area (Å²) in [5.41, 5.74) is 4.55. The lowest BCUT2D eigenvalue weighted by Gasteiger charge is -2.28. The molecule has 1 aromatic carbocycles. The van der Waals surface area contributed by atoms with Gasteiger partial charge in [0, 0.05) is 25.2 Å². The first-order chi connectivity index (χ1) is 19.3. The molecule has 0 radical (unpaired) electrons. The first-order valence-corrected chi connectivity index (χ1v) is 12.4. The second kappa shape index (κ2) is 11.7. The minimum absolute atomic E-state index is 0.0138. The highest BCUT2D eigenvalue weighted by atomic mass is 19.4. The van der Waals surface area contributed by atoms with Gasteiger partial charge in [-0.1, -0.05) is 18.2 Å². The van der Waals surface area contributed by atoms with Crippen molar-refractivity contribution < 1.29 is 27.4 Å². The van der Waals surface area contributed by atoms with Gasteiger partial charge in [0.2, 0.25) is 5.95 Å². The molecule has 13 heteroatoms. The Morgan fingerprint density at radius 2 is 1.80 bits per heavy atom. The number of anilines is 3. The molecule has 0 spiro atoms. The van der Waals surface area contributed by atoms with E-state index in [1.54, 1.807) is 23.1 Å². The van der Waals surface area contributed by atoms with E-state index in [0.717, 1.165) is 6.20 Å². The molecule has 1 unspecified atom stereocenters. The number of benzene rings is 1. The van der Waals surface area contributed by atoms with Crippen LogP contribution in [0.15, 0.2) is 71.7 Å². The molecule has 5 rings (SSSR count). The van der Waals surface area contributed by atoms with Crippen LogP contribution in [0.2, 0.25) is 0 Å². The van der Waals surface area contributed by atoms with Gasteiger partial charge < -0.3 is 20.1 Å². The van der Waals surface area contributed by atoms with E-state index >= 15 is 0 Å². The van der Waals surface area contributed by atoms with E-state index in [2.05, 4.69) is 30.8 Å². The lowest BCUT2D eigenvalue weighted by molar-refractivity contribution is -0.157. The van der Waals surface area contributed by atoms with Crippen molar-refractivity contribution in [2.75, 3.05) is 41.9 Å². The van der Waals surface area contributed by atoms with Gasteiger partial charge in [0.05, 0.1) is 49.1 Å². The SMILES string of the molecule is Oc1ccc(C2=CC=C(Nc3ccc(/C=N/Nc4ncc(F)c(N5CCOCC5)n4)nc3)CC2C(F)(F)F)cc1. The Balaban J connectivity index is 1.22. The maximum absolute atomic E-state index is 14.2. The number of allylic oxidation sites excluding steroid dienone is 4. The number of ether oxygens (including phenoxy) is 1. The molecule has 3 aromatic rings. The Hall–Kier alpha value is -4.52. The number of aromatic nitrogens is 3. The Morgan fingerprint density at radius 1 is 1.02 bits per heavy atom. The molecule has 208 valence electrons. The van der Waals surface area contributed by atoms with E-state index in [9.17, 15) is 22.7 Å². The second-order valence-corrected chi connectivity index (χ2v) is 9.09. The molecule has 3 heterocycles. The first kappa shape index (κ1) is 27.1. The highest BCUT2D eigenvalue weighted by Crippen LogP contribution is 2.43. The molecule has 1 aliphatic heterocycles. The van der Waals surface area contributed by atoms with Gasteiger partial charge in [-0.25, -0.2) is 14.8 Å². The number of nitrogens with zero attached hydrogens (tertiary/aromatic N) is 5. The van der Waals surface area contributed by atoms with E-state index < -0.39 is 17.9 Å². The van der Waals surface area contributed by atoms with Gasteiger partial charge in [-0.2, -0.15) is 23.3 Å². The van der Waals surface area contributed by atoms with Gasteiger partial charge in [-0.3, -0.25) is 4.98 Å². The van der Waals surface area contributed by atoms with E-state index in [4.69, 9.17) is 4.74 Å². The minimum atomic E-state index is -4.45. The van der Waals surface area contributed by atoms with Crippen molar-refractivity contribution >= 4 is 29.2 Å². The van der Waals surface area contributed by atoms with Crippen LogP contribution in [-0.2, 0) is 4.74 Å². The van der Waals surface area contributed by atoms with E-state index in [1.807, 2.05) is 0 Å². The van der Waals surface area contributed by atoms with Gasteiger partial charge in [0.1, 0.15) is 5.75 Å². The molecule has 9 nitrogen and oxygen atoms in total. The van der Waals surface area contributed by atoms with Crippen molar-refractivity contribution in [2.24, 2.45) is 11.0 Å². The van der Waals surface area contributed by atoms with Crippen molar-refractivity contribution in [2.45, 2.75) is 12.6 Å². The van der Waals surface area contributed by atoms with E-state index in [-0.39, 0.29) is 29.5 Å². The second-order valence-electron chi connectivity index (χ2n) is 9.09. The largest absolute Gasteiger partial charge is 0.508 e. The summed E-state index contributed by atoms with van der Waals surface area (Å²) in [4.78, 5) is 14.1. The normalized spacial score (nSPS) is 17.9. The zero-order chi connectivity index (χ0) is 28.1. The first-order valence-electron chi connectivity index (χ1n) is 12.4. The average molecular weight is 556 g/mol. The van der Waals surface area contributed by atoms with Crippen LogP contribution >= 0.6 is 0 Å². The fraction of sp³-hybridized carbons (Fsp3) is 0.259. The van der Waals surface area contributed by atoms with Crippen LogP contribution in [0.3, 0.4) is 0 Å². The molecule has 3 N–H and O–H groups in total. The van der Waals surface area contributed by atoms with Crippen molar-refractivity contribution in [3.63, 3.8) is 0 Å². The van der Waals surface area contributed by atoms with Crippen LogP contribution in [-0.4, -0.2) is 58.8 Å². The zero-order valence-electron chi connectivity index (χ0n) is 21.1. The zero-order valence-corrected chi connectivity index (χ0v) is 21.1. The topological polar surface area (TPSA) is 108 Å². The van der Waals surface area contributed by atoms with Crippen molar-refractivity contribution in [3.8, 4) is 5.75 Å². The molecule has 0 saturated carbocycles. The third kappa shape index (κ3) is 6.54. The Labute approximate surface area is 226 Å². The summed E-state index contributed by atoms with van der Waals surface area (Å²) in [6.07, 6.45) is 2.30. The summed E-state index contributed by atoms with van der Waals surface area (Å²) < 4.78 is 61.1. The van der Waals surface area contributed by atoms with Crippen LogP contribution in [0.5, 0.6) is 5.75 Å². The molecule has 0 bridgehead atoms. The van der Waals surface area contributed by atoms with Crippen LogP contribution in [0.1, 0.15) is 17.7 Å². The lowest BCUT2D eigenvalue weighted by Crippen LogP contribution is -2.37. The summed E-state index contributed by atoms with van der Waals surface area (Å²) in [5, 5.41) is 16.5. The Bertz CT molecular complexity index is 1420. The van der Waals surface area contributed by atoms with E-state index in [0.29, 0.717) is 48.9 Å². The van der Waals surface area contributed by atoms with E-state index in [1.165, 1.54) is 42.8 Å². The fourth-order valence-corrected chi connectivity index (χ4v) is 4.35. The Morgan fingerprint density at radius 3 is 2.50 bits per heavy atom. The summed E-state index contributed by atoms with van der Waals surface area (Å²) in [6.45, 7) is 2.01. The van der Waals surface area contributed by atoms with Crippen molar-refractivity contribution in [3.05, 3.63) is 83.7 Å². The summed E-state index contributed by atoms with van der Waals surface area (Å²) >= 11 is 0. The van der Waals surface area contributed by atoms with Crippen LogP contribution in [0, 0.1) is 11.7 Å². The van der Waals surface area contributed by atoms with Gasteiger partial charge in [-0.15, -0.1) is 0 Å². The number of phenolic OH excluding ortho intramolecular Hbond substituents is 1. The number of alkyl halides is 3. The van der Waals surface area contributed by atoms with Crippen LogP contribution in [0.4, 0.5) is 35.0 Å². The van der Waals surface area contributed by atoms with Crippen LogP contribution < -0.4 is 15.6 Å². The standard InChI is InChI=1S/C27H25F4N7O2/c28-24-16-33-26(36-25(24)38-9-11-40-12-10-38)37-34-15-19-3-4-20(14-32-19)35-18-5-8-22(23(13-18)27(29,30)31)17-1-6-21(39)7-2-17/h1-8,14-16,23,35,39H,9-13H2,(H,33,36,37)/b34-15+. The number of nitrogens with one attached hydrogen (secondary N) is 2. The molecule has 40 heavy (non-hydrogen) atoms. The highest BCUT2D eigenvalue weighted by Gasteiger charge is 2.43. The molecule has 2 aliphatic rings. The Kier molecular flexibility index (Phi) is 7.91. The monoisotopic (exact) mass is 555 g/mol. The number of rotatable bonds is 7.